The first-order chi connectivity index (χ1) is 8.34. The molecule has 3 aromatic rings. The third-order valence-corrected chi connectivity index (χ3v) is 2.76. The predicted octanol–water partition coefficient (Wildman–Crippen LogP) is 3.34. The zero-order valence-electron chi connectivity index (χ0n) is 9.50. The fourth-order valence-corrected chi connectivity index (χ4v) is 1.86. The number of rotatable bonds is 2. The average Bonchev–Trinajstić information content (AvgIpc) is 2.96. The summed E-state index contributed by atoms with van der Waals surface area (Å²) in [5.41, 5.74) is 2.14. The van der Waals surface area contributed by atoms with Crippen molar-refractivity contribution in [3.63, 3.8) is 0 Å². The zero-order chi connectivity index (χ0) is 11.7. The molecule has 3 rings (SSSR count). The second-order valence-electron chi connectivity index (χ2n) is 3.87. The molecule has 0 atom stereocenters. The SMILES string of the molecule is Cn1c(C=Cc2ccco2)nc2ccccc21. The van der Waals surface area contributed by atoms with Crippen molar-refractivity contribution in [3.8, 4) is 0 Å². The molecular weight excluding hydrogens is 212 g/mol. The topological polar surface area (TPSA) is 31.0 Å². The van der Waals surface area contributed by atoms with E-state index in [-0.39, 0.29) is 0 Å². The number of furan rings is 1. The lowest BCUT2D eigenvalue weighted by atomic mass is 10.3. The van der Waals surface area contributed by atoms with E-state index in [0.717, 1.165) is 22.6 Å². The van der Waals surface area contributed by atoms with Gasteiger partial charge < -0.3 is 8.98 Å². The number of hydrogen-bond acceptors (Lipinski definition) is 2. The van der Waals surface area contributed by atoms with E-state index < -0.39 is 0 Å². The molecule has 2 heterocycles. The molecule has 0 saturated carbocycles. The standard InChI is InChI=1S/C14H12N2O/c1-16-13-7-3-2-6-12(13)15-14(16)9-8-11-5-4-10-17-11/h2-10H,1H3. The molecule has 0 aliphatic heterocycles. The Morgan fingerprint density at radius 1 is 1.12 bits per heavy atom. The van der Waals surface area contributed by atoms with E-state index in [1.165, 1.54) is 0 Å². The summed E-state index contributed by atoms with van der Waals surface area (Å²) < 4.78 is 7.31. The molecule has 0 saturated heterocycles. The highest BCUT2D eigenvalue weighted by Crippen LogP contribution is 2.16. The summed E-state index contributed by atoms with van der Waals surface area (Å²) in [6.07, 6.45) is 5.54. The number of aryl methyl sites for hydroxylation is 1. The number of imidazole rings is 1. The molecule has 0 aliphatic rings. The van der Waals surface area contributed by atoms with Gasteiger partial charge in [-0.1, -0.05) is 12.1 Å². The molecule has 0 aliphatic carbocycles. The largest absolute Gasteiger partial charge is 0.465 e. The molecule has 0 spiro atoms. The monoisotopic (exact) mass is 224 g/mol. The summed E-state index contributed by atoms with van der Waals surface area (Å²) in [7, 11) is 2.01. The number of nitrogens with zero attached hydrogens (tertiary/aromatic N) is 2. The number of aromatic nitrogens is 2. The Morgan fingerprint density at radius 2 is 2.00 bits per heavy atom. The smallest absolute Gasteiger partial charge is 0.133 e. The van der Waals surface area contributed by atoms with E-state index in [0.29, 0.717) is 0 Å². The van der Waals surface area contributed by atoms with Crippen LogP contribution in [0, 0.1) is 0 Å². The molecule has 0 unspecified atom stereocenters. The minimum absolute atomic E-state index is 0.831. The minimum atomic E-state index is 0.831. The first-order valence-corrected chi connectivity index (χ1v) is 5.47. The number of para-hydroxylation sites is 2. The minimum Gasteiger partial charge on any atom is -0.465 e. The maximum absolute atomic E-state index is 5.25. The highest BCUT2D eigenvalue weighted by molar-refractivity contribution is 5.79. The van der Waals surface area contributed by atoms with Gasteiger partial charge in [0.05, 0.1) is 17.3 Å². The number of benzene rings is 1. The summed E-state index contributed by atoms with van der Waals surface area (Å²) in [6, 6.07) is 11.9. The summed E-state index contributed by atoms with van der Waals surface area (Å²) in [6.45, 7) is 0. The number of hydrogen-bond donors (Lipinski definition) is 0. The van der Waals surface area contributed by atoms with Gasteiger partial charge in [0.2, 0.25) is 0 Å². The van der Waals surface area contributed by atoms with Crippen LogP contribution in [-0.4, -0.2) is 9.55 Å². The second kappa shape index (κ2) is 3.94. The normalized spacial score (nSPS) is 11.6. The number of fused-ring (bicyclic) bond motifs is 1. The maximum Gasteiger partial charge on any atom is 0.133 e. The first-order valence-electron chi connectivity index (χ1n) is 5.47. The molecule has 3 heteroatoms. The molecule has 84 valence electrons. The Kier molecular flexibility index (Phi) is 2.29. The summed E-state index contributed by atoms with van der Waals surface area (Å²) in [5.74, 6) is 1.75. The van der Waals surface area contributed by atoms with Crippen LogP contribution in [0.5, 0.6) is 0 Å². The van der Waals surface area contributed by atoms with E-state index in [1.807, 2.05) is 49.5 Å². The highest BCUT2D eigenvalue weighted by Gasteiger charge is 2.03. The van der Waals surface area contributed by atoms with Gasteiger partial charge >= 0.3 is 0 Å². The van der Waals surface area contributed by atoms with E-state index in [4.69, 9.17) is 4.42 Å². The van der Waals surface area contributed by atoms with E-state index >= 15 is 0 Å². The fourth-order valence-electron chi connectivity index (χ4n) is 1.86. The summed E-state index contributed by atoms with van der Waals surface area (Å²) >= 11 is 0. The van der Waals surface area contributed by atoms with E-state index in [9.17, 15) is 0 Å². The van der Waals surface area contributed by atoms with E-state index in [2.05, 4.69) is 15.6 Å². The third-order valence-electron chi connectivity index (χ3n) is 2.76. The van der Waals surface area contributed by atoms with E-state index in [1.54, 1.807) is 6.26 Å². The van der Waals surface area contributed by atoms with Crippen LogP contribution in [0.2, 0.25) is 0 Å². The van der Waals surface area contributed by atoms with Crippen LogP contribution in [0.15, 0.2) is 47.1 Å². The van der Waals surface area contributed by atoms with Gasteiger partial charge in [-0.2, -0.15) is 0 Å². The Hall–Kier alpha value is -2.29. The van der Waals surface area contributed by atoms with Crippen molar-refractivity contribution in [1.29, 1.82) is 0 Å². The van der Waals surface area contributed by atoms with Crippen LogP contribution in [0.1, 0.15) is 11.6 Å². The van der Waals surface area contributed by atoms with Crippen molar-refractivity contribution in [2.45, 2.75) is 0 Å². The first kappa shape index (κ1) is 9.90. The van der Waals surface area contributed by atoms with Crippen molar-refractivity contribution in [1.82, 2.24) is 9.55 Å². The van der Waals surface area contributed by atoms with Gasteiger partial charge in [0, 0.05) is 7.05 Å². The summed E-state index contributed by atoms with van der Waals surface area (Å²) in [5, 5.41) is 0. The van der Waals surface area contributed by atoms with Crippen molar-refractivity contribution in [2.24, 2.45) is 7.05 Å². The van der Waals surface area contributed by atoms with Crippen LogP contribution in [0.3, 0.4) is 0 Å². The molecule has 2 aromatic heterocycles. The van der Waals surface area contributed by atoms with Gasteiger partial charge in [0.1, 0.15) is 11.6 Å². The Morgan fingerprint density at radius 3 is 2.76 bits per heavy atom. The van der Waals surface area contributed by atoms with Gasteiger partial charge in [-0.05, 0) is 36.4 Å². The average molecular weight is 224 g/mol. The Balaban J connectivity index is 2.03. The molecule has 1 aromatic carbocycles. The quantitative estimate of drug-likeness (QED) is 0.668. The molecule has 3 nitrogen and oxygen atoms in total. The lowest BCUT2D eigenvalue weighted by Crippen LogP contribution is -1.90. The molecule has 0 radical (unpaired) electrons. The van der Waals surface area contributed by atoms with Gasteiger partial charge in [-0.25, -0.2) is 4.98 Å². The molecule has 17 heavy (non-hydrogen) atoms. The van der Waals surface area contributed by atoms with Crippen molar-refractivity contribution < 1.29 is 4.42 Å². The fraction of sp³-hybridized carbons (Fsp3) is 0.0714. The third kappa shape index (κ3) is 1.76. The molecule has 0 fully saturated rings. The predicted molar refractivity (Wildman–Crippen MR) is 68.4 cm³/mol. The van der Waals surface area contributed by atoms with Crippen LogP contribution < -0.4 is 0 Å². The van der Waals surface area contributed by atoms with Crippen molar-refractivity contribution in [3.05, 3.63) is 54.2 Å². The van der Waals surface area contributed by atoms with Gasteiger partial charge in [-0.3, -0.25) is 0 Å². The van der Waals surface area contributed by atoms with Crippen LogP contribution >= 0.6 is 0 Å². The Labute approximate surface area is 99.0 Å². The molecule has 0 N–H and O–H groups in total. The maximum atomic E-state index is 5.25. The van der Waals surface area contributed by atoms with Gasteiger partial charge in [0.15, 0.2) is 0 Å². The second-order valence-corrected chi connectivity index (χ2v) is 3.87. The van der Waals surface area contributed by atoms with Crippen LogP contribution in [0.4, 0.5) is 0 Å². The van der Waals surface area contributed by atoms with Gasteiger partial charge in [-0.15, -0.1) is 0 Å². The van der Waals surface area contributed by atoms with Crippen molar-refractivity contribution >= 4 is 23.2 Å². The van der Waals surface area contributed by atoms with Crippen LogP contribution in [0.25, 0.3) is 23.2 Å². The van der Waals surface area contributed by atoms with Gasteiger partial charge in [0.25, 0.3) is 0 Å². The Bertz CT molecular complexity index is 663. The highest BCUT2D eigenvalue weighted by atomic mass is 16.3. The lowest BCUT2D eigenvalue weighted by molar-refractivity contribution is 0.557. The van der Waals surface area contributed by atoms with Crippen LogP contribution in [-0.2, 0) is 7.05 Å². The summed E-state index contributed by atoms with van der Waals surface area (Å²) in [4.78, 5) is 4.55. The molecular formula is C14H12N2O. The zero-order valence-corrected chi connectivity index (χ0v) is 9.50. The van der Waals surface area contributed by atoms with Crippen molar-refractivity contribution in [2.75, 3.05) is 0 Å². The molecule has 0 amide bonds. The lowest BCUT2D eigenvalue weighted by Gasteiger charge is -1.95. The molecule has 0 bridgehead atoms.